The maximum absolute atomic E-state index is 9.12. The fourth-order valence-corrected chi connectivity index (χ4v) is 3.38. The van der Waals surface area contributed by atoms with E-state index in [0.29, 0.717) is 17.1 Å². The minimum absolute atomic E-state index is 0.0196. The van der Waals surface area contributed by atoms with Crippen LogP contribution in [0.2, 0.25) is 5.15 Å². The van der Waals surface area contributed by atoms with Crippen LogP contribution in [0.25, 0.3) is 0 Å². The molecule has 5 heteroatoms. The standard InChI is InChI=1S/C11H17ClN2OS/c1-7-4-3-5-14(8(7)2)11-13-10(12)9(6-15)16-11/h7-8,15H,3-6H2,1-2H3. The minimum Gasteiger partial charge on any atom is -0.391 e. The molecular formula is C11H17ClN2OS. The van der Waals surface area contributed by atoms with Crippen LogP contribution in [0.5, 0.6) is 0 Å². The molecule has 0 aromatic carbocycles. The van der Waals surface area contributed by atoms with E-state index in [1.807, 2.05) is 0 Å². The van der Waals surface area contributed by atoms with Crippen LogP contribution >= 0.6 is 22.9 Å². The topological polar surface area (TPSA) is 36.4 Å². The molecule has 2 heterocycles. The maximum Gasteiger partial charge on any atom is 0.187 e. The number of hydrogen-bond donors (Lipinski definition) is 1. The van der Waals surface area contributed by atoms with Gasteiger partial charge in [0.05, 0.1) is 11.5 Å². The molecule has 1 aliphatic heterocycles. The van der Waals surface area contributed by atoms with Crippen molar-refractivity contribution in [2.45, 2.75) is 39.3 Å². The van der Waals surface area contributed by atoms with Gasteiger partial charge in [0.15, 0.2) is 5.13 Å². The van der Waals surface area contributed by atoms with E-state index in [4.69, 9.17) is 16.7 Å². The third kappa shape index (κ3) is 2.19. The number of nitrogens with zero attached hydrogens (tertiary/aromatic N) is 2. The summed E-state index contributed by atoms with van der Waals surface area (Å²) in [5.74, 6) is 0.689. The lowest BCUT2D eigenvalue weighted by atomic mass is 9.93. The first-order valence-corrected chi connectivity index (χ1v) is 6.85. The number of thiazole rings is 1. The van der Waals surface area contributed by atoms with Gasteiger partial charge in [0.25, 0.3) is 0 Å². The highest BCUT2D eigenvalue weighted by Crippen LogP contribution is 2.34. The smallest absolute Gasteiger partial charge is 0.187 e. The van der Waals surface area contributed by atoms with Crippen LogP contribution in [0, 0.1) is 5.92 Å². The van der Waals surface area contributed by atoms with Gasteiger partial charge >= 0.3 is 0 Å². The van der Waals surface area contributed by atoms with E-state index >= 15 is 0 Å². The Morgan fingerprint density at radius 3 is 2.94 bits per heavy atom. The third-order valence-electron chi connectivity index (χ3n) is 3.40. The van der Waals surface area contributed by atoms with Gasteiger partial charge < -0.3 is 10.0 Å². The average molecular weight is 261 g/mol. The highest BCUT2D eigenvalue weighted by molar-refractivity contribution is 7.16. The third-order valence-corrected chi connectivity index (χ3v) is 4.90. The van der Waals surface area contributed by atoms with Gasteiger partial charge in [-0.2, -0.15) is 0 Å². The van der Waals surface area contributed by atoms with E-state index in [0.717, 1.165) is 16.6 Å². The van der Waals surface area contributed by atoms with E-state index in [-0.39, 0.29) is 6.61 Å². The minimum atomic E-state index is -0.0196. The van der Waals surface area contributed by atoms with Crippen molar-refractivity contribution in [3.05, 3.63) is 10.0 Å². The summed E-state index contributed by atoms with van der Waals surface area (Å²) in [6, 6.07) is 0.502. The second kappa shape index (κ2) is 4.90. The molecule has 0 aliphatic carbocycles. The predicted octanol–water partition coefficient (Wildman–Crippen LogP) is 2.91. The molecule has 1 aromatic heterocycles. The Bertz CT molecular complexity index is 369. The van der Waals surface area contributed by atoms with Crippen LogP contribution in [0.15, 0.2) is 0 Å². The van der Waals surface area contributed by atoms with Crippen LogP contribution < -0.4 is 4.90 Å². The van der Waals surface area contributed by atoms with Crippen molar-refractivity contribution in [2.75, 3.05) is 11.4 Å². The molecule has 0 bridgehead atoms. The van der Waals surface area contributed by atoms with Crippen molar-refractivity contribution in [1.29, 1.82) is 0 Å². The Hall–Kier alpha value is -0.320. The predicted molar refractivity (Wildman–Crippen MR) is 68.3 cm³/mol. The molecule has 1 N–H and O–H groups in total. The van der Waals surface area contributed by atoms with Gasteiger partial charge in [-0.15, -0.1) is 0 Å². The highest BCUT2D eigenvalue weighted by Gasteiger charge is 2.27. The van der Waals surface area contributed by atoms with Gasteiger partial charge in [0, 0.05) is 12.6 Å². The first kappa shape index (κ1) is 12.1. The molecule has 3 nitrogen and oxygen atoms in total. The van der Waals surface area contributed by atoms with E-state index in [9.17, 15) is 0 Å². The molecule has 0 saturated carbocycles. The van der Waals surface area contributed by atoms with Gasteiger partial charge in [-0.1, -0.05) is 29.9 Å². The zero-order valence-electron chi connectivity index (χ0n) is 9.61. The number of aromatic nitrogens is 1. The number of halogens is 1. The van der Waals surface area contributed by atoms with E-state index < -0.39 is 0 Å². The lowest BCUT2D eigenvalue weighted by molar-refractivity contribution is 0.285. The van der Waals surface area contributed by atoms with Crippen molar-refractivity contribution in [2.24, 2.45) is 5.92 Å². The molecule has 0 spiro atoms. The van der Waals surface area contributed by atoms with Crippen molar-refractivity contribution < 1.29 is 5.11 Å². The Balaban J connectivity index is 2.22. The van der Waals surface area contributed by atoms with Crippen LogP contribution in [0.3, 0.4) is 0 Å². The molecule has 16 heavy (non-hydrogen) atoms. The summed E-state index contributed by atoms with van der Waals surface area (Å²) >= 11 is 7.47. The Labute approximate surface area is 105 Å². The number of hydrogen-bond acceptors (Lipinski definition) is 4. The van der Waals surface area contributed by atoms with Crippen LogP contribution in [-0.4, -0.2) is 22.7 Å². The fraction of sp³-hybridized carbons (Fsp3) is 0.727. The molecule has 0 radical (unpaired) electrons. The fourth-order valence-electron chi connectivity index (χ4n) is 2.15. The van der Waals surface area contributed by atoms with Gasteiger partial charge in [-0.05, 0) is 25.7 Å². The molecule has 1 aromatic rings. The maximum atomic E-state index is 9.12. The molecule has 2 atom stereocenters. The number of rotatable bonds is 2. The molecule has 2 rings (SSSR count). The van der Waals surface area contributed by atoms with Gasteiger partial charge in [0.1, 0.15) is 5.15 Å². The summed E-state index contributed by atoms with van der Waals surface area (Å²) in [7, 11) is 0. The molecule has 1 fully saturated rings. The summed E-state index contributed by atoms with van der Waals surface area (Å²) < 4.78 is 0. The van der Waals surface area contributed by atoms with E-state index in [2.05, 4.69) is 23.7 Å². The zero-order chi connectivity index (χ0) is 11.7. The molecule has 90 valence electrons. The number of anilines is 1. The zero-order valence-corrected chi connectivity index (χ0v) is 11.2. The van der Waals surface area contributed by atoms with Crippen molar-refractivity contribution in [1.82, 2.24) is 4.98 Å². The number of aliphatic hydroxyl groups excluding tert-OH is 1. The summed E-state index contributed by atoms with van der Waals surface area (Å²) in [5, 5.41) is 10.5. The highest BCUT2D eigenvalue weighted by atomic mass is 35.5. The Kier molecular flexibility index (Phi) is 3.72. The lowest BCUT2D eigenvalue weighted by Crippen LogP contribution is -2.42. The monoisotopic (exact) mass is 260 g/mol. The summed E-state index contributed by atoms with van der Waals surface area (Å²) in [6.07, 6.45) is 2.49. The first-order chi connectivity index (χ1) is 7.63. The van der Waals surface area contributed by atoms with Crippen LogP contribution in [0.1, 0.15) is 31.6 Å². The molecule has 1 saturated heterocycles. The number of piperidine rings is 1. The van der Waals surface area contributed by atoms with Crippen molar-refractivity contribution in [3.63, 3.8) is 0 Å². The summed E-state index contributed by atoms with van der Waals surface area (Å²) in [5.41, 5.74) is 0. The van der Waals surface area contributed by atoms with Gasteiger partial charge in [-0.3, -0.25) is 0 Å². The molecule has 2 unspecified atom stereocenters. The lowest BCUT2D eigenvalue weighted by Gasteiger charge is -2.37. The van der Waals surface area contributed by atoms with Crippen LogP contribution in [-0.2, 0) is 6.61 Å². The average Bonchev–Trinajstić information content (AvgIpc) is 2.63. The molecular weight excluding hydrogens is 244 g/mol. The van der Waals surface area contributed by atoms with Crippen molar-refractivity contribution in [3.8, 4) is 0 Å². The molecule has 1 aliphatic rings. The SMILES string of the molecule is CC1CCCN(c2nc(Cl)c(CO)s2)C1C. The Morgan fingerprint density at radius 2 is 2.31 bits per heavy atom. The van der Waals surface area contributed by atoms with E-state index in [1.54, 1.807) is 0 Å². The molecule has 0 amide bonds. The van der Waals surface area contributed by atoms with E-state index in [1.165, 1.54) is 24.2 Å². The normalized spacial score (nSPS) is 26.1. The van der Waals surface area contributed by atoms with Crippen LogP contribution in [0.4, 0.5) is 5.13 Å². The first-order valence-electron chi connectivity index (χ1n) is 5.66. The number of aliphatic hydroxyl groups is 1. The Morgan fingerprint density at radius 1 is 1.56 bits per heavy atom. The largest absolute Gasteiger partial charge is 0.391 e. The second-order valence-electron chi connectivity index (χ2n) is 4.42. The van der Waals surface area contributed by atoms with Gasteiger partial charge in [-0.25, -0.2) is 4.98 Å². The summed E-state index contributed by atoms with van der Waals surface area (Å²) in [4.78, 5) is 7.42. The second-order valence-corrected chi connectivity index (χ2v) is 5.84. The quantitative estimate of drug-likeness (QED) is 0.888. The summed E-state index contributed by atoms with van der Waals surface area (Å²) in [6.45, 7) is 5.53. The van der Waals surface area contributed by atoms with Crippen molar-refractivity contribution >= 4 is 28.1 Å². The van der Waals surface area contributed by atoms with Gasteiger partial charge in [0.2, 0.25) is 0 Å².